The van der Waals surface area contributed by atoms with E-state index < -0.39 is 5.76 Å². The van der Waals surface area contributed by atoms with Crippen LogP contribution in [0, 0.1) is 6.92 Å². The van der Waals surface area contributed by atoms with Gasteiger partial charge in [-0.1, -0.05) is 0 Å². The molecule has 1 saturated heterocycles. The van der Waals surface area contributed by atoms with E-state index in [0.29, 0.717) is 47.7 Å². The van der Waals surface area contributed by atoms with Crippen LogP contribution in [0.4, 0.5) is 16.3 Å². The molecule has 6 rings (SSSR count). The van der Waals surface area contributed by atoms with Crippen LogP contribution in [0.2, 0.25) is 0 Å². The van der Waals surface area contributed by atoms with Crippen molar-refractivity contribution in [1.82, 2.24) is 20.1 Å². The number of amides is 2. The number of ether oxygens (including phenoxy) is 1. The van der Waals surface area contributed by atoms with Crippen LogP contribution in [0.5, 0.6) is 5.75 Å². The lowest BCUT2D eigenvalue weighted by Crippen LogP contribution is -2.49. The smallest absolute Gasteiger partial charge is 0.417 e. The molecule has 11 heteroatoms. The second kappa shape index (κ2) is 9.90. The zero-order valence-electron chi connectivity index (χ0n) is 21.7. The standard InChI is InChI=1S/C28H28N6O5/c1-16-11-18(13-23-25(16)31-28(37)39-23)26(35)19-14-24(32-29-15-19)33-8-6-20(7-9-33)34-10-5-17-12-21(38-2)3-4-22(17)30-27(34)36/h3-4,11-15,20H,5-10H2,1-2H3,(H,30,36)(H,31,37). The number of anilines is 2. The van der Waals surface area contributed by atoms with Gasteiger partial charge in [0.1, 0.15) is 5.75 Å². The highest BCUT2D eigenvalue weighted by atomic mass is 16.5. The maximum absolute atomic E-state index is 13.3. The van der Waals surface area contributed by atoms with Gasteiger partial charge < -0.3 is 24.3 Å². The number of oxazole rings is 1. The van der Waals surface area contributed by atoms with E-state index in [1.54, 1.807) is 25.3 Å². The van der Waals surface area contributed by atoms with Crippen molar-refractivity contribution in [2.24, 2.45) is 0 Å². The number of carbonyl (C=O) groups excluding carboxylic acids is 2. The molecule has 2 aliphatic heterocycles. The number of aromatic amines is 1. The Morgan fingerprint density at radius 3 is 2.69 bits per heavy atom. The van der Waals surface area contributed by atoms with Gasteiger partial charge in [-0.25, -0.2) is 9.59 Å². The average Bonchev–Trinajstić information content (AvgIpc) is 3.26. The van der Waals surface area contributed by atoms with Crippen LogP contribution < -0.4 is 20.7 Å². The Balaban J connectivity index is 1.14. The molecule has 0 atom stereocenters. The molecule has 39 heavy (non-hydrogen) atoms. The van der Waals surface area contributed by atoms with Gasteiger partial charge >= 0.3 is 11.8 Å². The molecule has 2 aromatic carbocycles. The molecule has 0 unspecified atom stereocenters. The number of benzene rings is 2. The fourth-order valence-corrected chi connectivity index (χ4v) is 5.47. The van der Waals surface area contributed by atoms with Crippen molar-refractivity contribution in [1.29, 1.82) is 0 Å². The second-order valence-electron chi connectivity index (χ2n) is 9.93. The number of hydrogen-bond acceptors (Lipinski definition) is 8. The van der Waals surface area contributed by atoms with Crippen molar-refractivity contribution < 1.29 is 18.7 Å². The van der Waals surface area contributed by atoms with Crippen molar-refractivity contribution >= 4 is 34.4 Å². The molecule has 4 heterocycles. The summed E-state index contributed by atoms with van der Waals surface area (Å²) in [4.78, 5) is 44.5. The average molecular weight is 529 g/mol. The van der Waals surface area contributed by atoms with Gasteiger partial charge in [0.05, 0.1) is 18.8 Å². The maximum Gasteiger partial charge on any atom is 0.417 e. The fraction of sp³-hybridized carbons (Fsp3) is 0.321. The Labute approximate surface area is 223 Å². The van der Waals surface area contributed by atoms with Crippen molar-refractivity contribution in [2.45, 2.75) is 32.2 Å². The van der Waals surface area contributed by atoms with E-state index in [1.165, 1.54) is 6.20 Å². The third-order valence-electron chi connectivity index (χ3n) is 7.56. The lowest BCUT2D eigenvalue weighted by Gasteiger charge is -2.38. The third kappa shape index (κ3) is 4.71. The topological polar surface area (TPSA) is 134 Å². The summed E-state index contributed by atoms with van der Waals surface area (Å²) in [5.74, 6) is 0.604. The van der Waals surface area contributed by atoms with Crippen LogP contribution in [0.25, 0.3) is 11.1 Å². The van der Waals surface area contributed by atoms with E-state index in [-0.39, 0.29) is 17.9 Å². The number of carbonyl (C=O) groups is 2. The minimum absolute atomic E-state index is 0.0877. The van der Waals surface area contributed by atoms with Crippen molar-refractivity contribution in [3.8, 4) is 5.75 Å². The summed E-state index contributed by atoms with van der Waals surface area (Å²) in [7, 11) is 1.64. The summed E-state index contributed by atoms with van der Waals surface area (Å²) in [5.41, 5.74) is 4.36. The number of nitrogens with one attached hydrogen (secondary N) is 2. The first-order valence-corrected chi connectivity index (χ1v) is 12.9. The summed E-state index contributed by atoms with van der Waals surface area (Å²) in [6.45, 7) is 3.80. The van der Waals surface area contributed by atoms with Crippen LogP contribution >= 0.6 is 0 Å². The monoisotopic (exact) mass is 528 g/mol. The summed E-state index contributed by atoms with van der Waals surface area (Å²) >= 11 is 0. The molecule has 2 amide bonds. The van der Waals surface area contributed by atoms with E-state index in [4.69, 9.17) is 9.15 Å². The maximum atomic E-state index is 13.3. The van der Waals surface area contributed by atoms with Crippen molar-refractivity contribution in [3.05, 3.63) is 75.4 Å². The van der Waals surface area contributed by atoms with Gasteiger partial charge in [0, 0.05) is 42.5 Å². The minimum atomic E-state index is -0.559. The number of H-pyrrole nitrogens is 1. The first-order valence-electron chi connectivity index (χ1n) is 12.9. The van der Waals surface area contributed by atoms with Crippen molar-refractivity contribution in [2.75, 3.05) is 37.0 Å². The molecule has 2 aliphatic rings. The minimum Gasteiger partial charge on any atom is -0.497 e. The largest absolute Gasteiger partial charge is 0.497 e. The summed E-state index contributed by atoms with van der Waals surface area (Å²) in [6, 6.07) is 10.8. The van der Waals surface area contributed by atoms with Crippen LogP contribution in [-0.2, 0) is 6.42 Å². The van der Waals surface area contributed by atoms with E-state index in [1.807, 2.05) is 30.0 Å². The number of hydrogen-bond donors (Lipinski definition) is 2. The number of ketones is 1. The Morgan fingerprint density at radius 1 is 1.08 bits per heavy atom. The van der Waals surface area contributed by atoms with Crippen LogP contribution in [0.3, 0.4) is 0 Å². The Hall–Kier alpha value is -4.67. The molecule has 11 nitrogen and oxygen atoms in total. The Kier molecular flexibility index (Phi) is 6.26. The summed E-state index contributed by atoms with van der Waals surface area (Å²) < 4.78 is 10.5. The molecule has 0 saturated carbocycles. The van der Waals surface area contributed by atoms with Gasteiger partial charge in [-0.15, -0.1) is 5.10 Å². The predicted octanol–water partition coefficient (Wildman–Crippen LogP) is 3.52. The van der Waals surface area contributed by atoms with E-state index in [9.17, 15) is 14.4 Å². The van der Waals surface area contributed by atoms with Crippen molar-refractivity contribution in [3.63, 3.8) is 0 Å². The second-order valence-corrected chi connectivity index (χ2v) is 9.93. The highest BCUT2D eigenvalue weighted by Gasteiger charge is 2.31. The molecular formula is C28H28N6O5. The van der Waals surface area contributed by atoms with Crippen LogP contribution in [0.15, 0.2) is 51.8 Å². The van der Waals surface area contributed by atoms with Gasteiger partial charge in [0.15, 0.2) is 17.2 Å². The number of fused-ring (bicyclic) bond motifs is 2. The molecule has 0 spiro atoms. The molecular weight excluding hydrogens is 500 g/mol. The number of urea groups is 1. The van der Waals surface area contributed by atoms with Gasteiger partial charge in [-0.2, -0.15) is 5.10 Å². The SMILES string of the molecule is COc1ccc2c(c1)CCN(C1CCN(c3cc(C(=O)c4cc(C)c5[nH]c(=O)oc5c4)cnn3)CC1)C(=O)N2. The first kappa shape index (κ1) is 24.7. The number of piperidine rings is 1. The van der Waals surface area contributed by atoms with E-state index >= 15 is 0 Å². The molecule has 0 aliphatic carbocycles. The number of aryl methyl sites for hydroxylation is 1. The molecule has 4 aromatic rings. The quantitative estimate of drug-likeness (QED) is 0.376. The van der Waals surface area contributed by atoms with Gasteiger partial charge in [0.25, 0.3) is 0 Å². The summed E-state index contributed by atoms with van der Waals surface area (Å²) in [6.07, 6.45) is 3.74. The molecule has 0 bridgehead atoms. The van der Waals surface area contributed by atoms with Gasteiger partial charge in [-0.3, -0.25) is 9.78 Å². The Bertz CT molecular complexity index is 1640. The summed E-state index contributed by atoms with van der Waals surface area (Å²) in [5, 5.41) is 11.4. The number of methoxy groups -OCH3 is 1. The third-order valence-corrected chi connectivity index (χ3v) is 7.56. The molecule has 2 aromatic heterocycles. The fourth-order valence-electron chi connectivity index (χ4n) is 5.47. The lowest BCUT2D eigenvalue weighted by molar-refractivity contribution is 0.103. The van der Waals surface area contributed by atoms with Crippen LogP contribution in [0.1, 0.15) is 39.9 Å². The molecule has 200 valence electrons. The molecule has 2 N–H and O–H groups in total. The van der Waals surface area contributed by atoms with E-state index in [0.717, 1.165) is 41.8 Å². The normalized spacial score (nSPS) is 16.1. The highest BCUT2D eigenvalue weighted by molar-refractivity contribution is 6.10. The number of aromatic nitrogens is 3. The van der Waals surface area contributed by atoms with E-state index in [2.05, 4.69) is 25.4 Å². The first-order chi connectivity index (χ1) is 18.9. The van der Waals surface area contributed by atoms with Gasteiger partial charge in [0.2, 0.25) is 0 Å². The zero-order valence-corrected chi connectivity index (χ0v) is 21.7. The number of nitrogens with zero attached hydrogens (tertiary/aromatic N) is 4. The Morgan fingerprint density at radius 2 is 1.90 bits per heavy atom. The van der Waals surface area contributed by atoms with Crippen LogP contribution in [-0.4, -0.2) is 64.7 Å². The predicted molar refractivity (Wildman–Crippen MR) is 145 cm³/mol. The zero-order chi connectivity index (χ0) is 27.1. The number of rotatable bonds is 5. The lowest BCUT2D eigenvalue weighted by atomic mass is 10.0. The highest BCUT2D eigenvalue weighted by Crippen LogP contribution is 2.29. The molecule has 0 radical (unpaired) electrons. The van der Waals surface area contributed by atoms with Gasteiger partial charge in [-0.05, 0) is 73.7 Å². The molecule has 1 fully saturated rings.